The summed E-state index contributed by atoms with van der Waals surface area (Å²) in [5, 5.41) is 2.82. The molecule has 0 aliphatic rings. The van der Waals surface area contributed by atoms with E-state index in [1.807, 2.05) is 0 Å². The Kier molecular flexibility index (Phi) is 7.82. The summed E-state index contributed by atoms with van der Waals surface area (Å²) >= 11 is 0. The molecular weight excluding hydrogens is 243 g/mol. The van der Waals surface area contributed by atoms with Gasteiger partial charge in [-0.1, -0.05) is 31.0 Å². The average Bonchev–Trinajstić information content (AvgIpc) is 2.41. The first-order valence-corrected chi connectivity index (χ1v) is 6.94. The summed E-state index contributed by atoms with van der Waals surface area (Å²) in [6.45, 7) is 1.21. The summed E-state index contributed by atoms with van der Waals surface area (Å²) in [5.41, 5.74) is 6.04. The van der Waals surface area contributed by atoms with Crippen molar-refractivity contribution in [1.29, 1.82) is 0 Å². The molecule has 0 radical (unpaired) electrons. The molecule has 0 spiro atoms. The third-order valence-corrected chi connectivity index (χ3v) is 3.03. The fourth-order valence-corrected chi connectivity index (χ4v) is 1.91. The van der Waals surface area contributed by atoms with Gasteiger partial charge in [-0.05, 0) is 37.4 Å². The molecule has 3 N–H and O–H groups in total. The number of benzene rings is 1. The van der Waals surface area contributed by atoms with Gasteiger partial charge in [0.1, 0.15) is 5.82 Å². The molecule has 0 aromatic heterocycles. The van der Waals surface area contributed by atoms with E-state index in [2.05, 4.69) is 5.32 Å². The highest BCUT2D eigenvalue weighted by Crippen LogP contribution is 2.06. The van der Waals surface area contributed by atoms with Gasteiger partial charge < -0.3 is 11.1 Å². The van der Waals surface area contributed by atoms with Crippen LogP contribution in [0.3, 0.4) is 0 Å². The zero-order valence-corrected chi connectivity index (χ0v) is 11.3. The Hall–Kier alpha value is -1.42. The van der Waals surface area contributed by atoms with Gasteiger partial charge in [0.15, 0.2) is 0 Å². The van der Waals surface area contributed by atoms with Crippen LogP contribution in [0.15, 0.2) is 24.3 Å². The summed E-state index contributed by atoms with van der Waals surface area (Å²) in [6.07, 6.45) is 5.12. The molecule has 1 aromatic rings. The van der Waals surface area contributed by atoms with E-state index in [4.69, 9.17) is 5.73 Å². The van der Waals surface area contributed by atoms with Crippen molar-refractivity contribution in [3.8, 4) is 0 Å². The predicted molar refractivity (Wildman–Crippen MR) is 75.3 cm³/mol. The minimum absolute atomic E-state index is 0.0455. The highest BCUT2D eigenvalue weighted by molar-refractivity contribution is 5.75. The number of halogens is 1. The van der Waals surface area contributed by atoms with Gasteiger partial charge in [-0.25, -0.2) is 4.39 Å². The third-order valence-electron chi connectivity index (χ3n) is 3.03. The van der Waals surface area contributed by atoms with Crippen LogP contribution < -0.4 is 11.1 Å². The van der Waals surface area contributed by atoms with E-state index in [1.165, 1.54) is 6.07 Å². The maximum absolute atomic E-state index is 13.3. The molecule has 3 nitrogen and oxygen atoms in total. The number of carbonyl (C=O) groups excluding carboxylic acids is 1. The number of carbonyl (C=O) groups is 1. The van der Waals surface area contributed by atoms with Gasteiger partial charge in [0.05, 0.1) is 0 Å². The normalized spacial score (nSPS) is 10.4. The van der Waals surface area contributed by atoms with E-state index >= 15 is 0 Å². The Morgan fingerprint density at radius 3 is 2.63 bits per heavy atom. The van der Waals surface area contributed by atoms with Gasteiger partial charge >= 0.3 is 0 Å². The summed E-state index contributed by atoms with van der Waals surface area (Å²) in [4.78, 5) is 11.5. The molecule has 0 atom stereocenters. The molecule has 4 heteroatoms. The summed E-state index contributed by atoms with van der Waals surface area (Å²) in [7, 11) is 0. The van der Waals surface area contributed by atoms with Crippen LogP contribution in [-0.2, 0) is 11.2 Å². The van der Waals surface area contributed by atoms with Gasteiger partial charge in [-0.15, -0.1) is 0 Å². The van der Waals surface area contributed by atoms with Gasteiger partial charge in [0.2, 0.25) is 5.91 Å². The van der Waals surface area contributed by atoms with Gasteiger partial charge in [-0.3, -0.25) is 4.79 Å². The first kappa shape index (κ1) is 15.6. The van der Waals surface area contributed by atoms with Crippen LogP contribution in [0.1, 0.15) is 37.7 Å². The fourth-order valence-electron chi connectivity index (χ4n) is 1.91. The zero-order valence-electron chi connectivity index (χ0n) is 11.3. The maximum atomic E-state index is 13.3. The van der Waals surface area contributed by atoms with Crippen molar-refractivity contribution in [1.82, 2.24) is 5.32 Å². The minimum Gasteiger partial charge on any atom is -0.356 e. The van der Waals surface area contributed by atoms with Crippen molar-refractivity contribution < 1.29 is 9.18 Å². The number of nitrogens with one attached hydrogen (secondary N) is 1. The molecular formula is C15H23FN2O. The van der Waals surface area contributed by atoms with Crippen molar-refractivity contribution in [3.05, 3.63) is 35.6 Å². The largest absolute Gasteiger partial charge is 0.356 e. The highest BCUT2D eigenvalue weighted by Gasteiger charge is 2.03. The molecule has 0 bridgehead atoms. The smallest absolute Gasteiger partial charge is 0.220 e. The number of nitrogens with two attached hydrogens (primary N) is 1. The summed E-state index contributed by atoms with van der Waals surface area (Å²) in [6, 6.07) is 6.65. The fraction of sp³-hybridized carbons (Fsp3) is 0.533. The molecule has 0 fully saturated rings. The van der Waals surface area contributed by atoms with E-state index in [1.54, 1.807) is 18.2 Å². The van der Waals surface area contributed by atoms with Crippen molar-refractivity contribution >= 4 is 5.91 Å². The molecule has 1 aromatic carbocycles. The number of hydrogen-bond acceptors (Lipinski definition) is 2. The van der Waals surface area contributed by atoms with E-state index in [0.717, 1.165) is 32.2 Å². The third kappa shape index (κ3) is 6.91. The lowest BCUT2D eigenvalue weighted by Crippen LogP contribution is -2.25. The molecule has 1 rings (SSSR count). The lowest BCUT2D eigenvalue weighted by Gasteiger charge is -2.06. The molecule has 19 heavy (non-hydrogen) atoms. The van der Waals surface area contributed by atoms with Crippen molar-refractivity contribution in [2.75, 3.05) is 13.1 Å². The van der Waals surface area contributed by atoms with Crippen LogP contribution in [0, 0.1) is 5.82 Å². The Labute approximate surface area is 114 Å². The van der Waals surface area contributed by atoms with Crippen LogP contribution in [0.4, 0.5) is 4.39 Å². The van der Waals surface area contributed by atoms with Crippen molar-refractivity contribution in [2.24, 2.45) is 5.73 Å². The van der Waals surface area contributed by atoms with Crippen LogP contribution in [0.5, 0.6) is 0 Å². The topological polar surface area (TPSA) is 55.1 Å². The number of amides is 1. The van der Waals surface area contributed by atoms with Crippen molar-refractivity contribution in [3.63, 3.8) is 0 Å². The zero-order chi connectivity index (χ0) is 13.9. The number of rotatable bonds is 9. The SMILES string of the molecule is NCCCCCCC(=O)NCCc1ccccc1F. The molecule has 106 valence electrons. The van der Waals surface area contributed by atoms with Gasteiger partial charge in [0.25, 0.3) is 0 Å². The van der Waals surface area contributed by atoms with Crippen molar-refractivity contribution in [2.45, 2.75) is 38.5 Å². The van der Waals surface area contributed by atoms with E-state index < -0.39 is 0 Å². The lowest BCUT2D eigenvalue weighted by molar-refractivity contribution is -0.121. The lowest BCUT2D eigenvalue weighted by atomic mass is 10.1. The molecule has 0 unspecified atom stereocenters. The van der Waals surface area contributed by atoms with Gasteiger partial charge in [-0.2, -0.15) is 0 Å². The Bertz CT molecular complexity index is 382. The molecule has 0 aliphatic carbocycles. The quantitative estimate of drug-likeness (QED) is 0.674. The minimum atomic E-state index is -0.210. The Balaban J connectivity index is 2.09. The van der Waals surface area contributed by atoms with Crippen LogP contribution in [-0.4, -0.2) is 19.0 Å². The van der Waals surface area contributed by atoms with Crippen LogP contribution in [0.25, 0.3) is 0 Å². The molecule has 0 heterocycles. The molecule has 0 aliphatic heterocycles. The second-order valence-corrected chi connectivity index (χ2v) is 4.64. The standard InChI is InChI=1S/C15H23FN2O/c16-14-8-5-4-7-13(14)10-12-18-15(19)9-3-1-2-6-11-17/h4-5,7-8H,1-3,6,9-12,17H2,(H,18,19). The Morgan fingerprint density at radius 2 is 1.89 bits per heavy atom. The number of unbranched alkanes of at least 4 members (excludes halogenated alkanes) is 3. The number of hydrogen-bond donors (Lipinski definition) is 2. The first-order chi connectivity index (χ1) is 9.24. The molecule has 1 amide bonds. The second-order valence-electron chi connectivity index (χ2n) is 4.64. The second kappa shape index (κ2) is 9.50. The molecule has 0 saturated carbocycles. The van der Waals surface area contributed by atoms with Crippen LogP contribution >= 0.6 is 0 Å². The average molecular weight is 266 g/mol. The summed E-state index contributed by atoms with van der Waals surface area (Å²) in [5.74, 6) is -0.164. The highest BCUT2D eigenvalue weighted by atomic mass is 19.1. The first-order valence-electron chi connectivity index (χ1n) is 6.94. The van der Waals surface area contributed by atoms with E-state index in [9.17, 15) is 9.18 Å². The van der Waals surface area contributed by atoms with E-state index in [0.29, 0.717) is 24.9 Å². The maximum Gasteiger partial charge on any atom is 0.220 e. The predicted octanol–water partition coefficient (Wildman–Crippen LogP) is 2.39. The summed E-state index contributed by atoms with van der Waals surface area (Å²) < 4.78 is 13.3. The monoisotopic (exact) mass is 266 g/mol. The Morgan fingerprint density at radius 1 is 1.16 bits per heavy atom. The van der Waals surface area contributed by atoms with Gasteiger partial charge in [0, 0.05) is 13.0 Å². The van der Waals surface area contributed by atoms with Crippen LogP contribution in [0.2, 0.25) is 0 Å². The molecule has 0 saturated heterocycles. The van der Waals surface area contributed by atoms with E-state index in [-0.39, 0.29) is 11.7 Å².